The number of alkyl carbamates (subject to hydrolysis) is 1. The van der Waals surface area contributed by atoms with Gasteiger partial charge in [0.1, 0.15) is 11.6 Å². The van der Waals surface area contributed by atoms with E-state index in [1.807, 2.05) is 126 Å². The number of nitrogens with zero attached hydrogens (tertiary/aromatic N) is 4. The fourth-order valence-corrected chi connectivity index (χ4v) is 4.42. The van der Waals surface area contributed by atoms with Crippen molar-refractivity contribution in [3.63, 3.8) is 0 Å². The number of nitrogens with two attached hydrogens (primary N) is 1. The first-order valence-electron chi connectivity index (χ1n) is 16.6. The van der Waals surface area contributed by atoms with Crippen LogP contribution in [0.1, 0.15) is 59.6 Å². The van der Waals surface area contributed by atoms with Crippen LogP contribution in [0.25, 0.3) is 0 Å². The standard InChI is InChI=1S/C21H35N3O3.C16H27N3O/c1-16(2)18(22-20(26)27-21(3,4)5)19(25)24(14-13-23(6)7)15-17-11-9-8-10-12-17;1-13(2)15(17)16(20)19(11-10-18(3)4)12-14-8-6-5-7-9-14/h8-12,16,18H,13-15H2,1-7H3,(H,22,26);5-9,13,15H,10-12,17H2,1-4H3/t18-;15-/m00/s1. The molecular weight excluding hydrogens is 592 g/mol. The van der Waals surface area contributed by atoms with E-state index in [2.05, 4.69) is 10.2 Å². The molecule has 10 heteroatoms. The third-order valence-electron chi connectivity index (χ3n) is 7.30. The van der Waals surface area contributed by atoms with Gasteiger partial charge >= 0.3 is 6.09 Å². The number of nitrogens with one attached hydrogen (secondary N) is 1. The average molecular weight is 655 g/mol. The number of amides is 3. The molecule has 2 aromatic carbocycles. The molecule has 0 unspecified atom stereocenters. The van der Waals surface area contributed by atoms with E-state index >= 15 is 0 Å². The lowest BCUT2D eigenvalue weighted by Crippen LogP contribution is -2.52. The van der Waals surface area contributed by atoms with Gasteiger partial charge < -0.3 is 35.4 Å². The Hall–Kier alpha value is -3.47. The van der Waals surface area contributed by atoms with Gasteiger partial charge in [0.25, 0.3) is 0 Å². The molecule has 0 aliphatic rings. The van der Waals surface area contributed by atoms with E-state index in [0.29, 0.717) is 26.2 Å². The molecule has 47 heavy (non-hydrogen) atoms. The number of carbonyl (C=O) groups is 3. The molecule has 0 radical (unpaired) electrons. The largest absolute Gasteiger partial charge is 0.444 e. The lowest BCUT2D eigenvalue weighted by atomic mass is 10.0. The van der Waals surface area contributed by atoms with Crippen molar-refractivity contribution in [1.82, 2.24) is 24.9 Å². The molecule has 3 N–H and O–H groups in total. The summed E-state index contributed by atoms with van der Waals surface area (Å²) in [6, 6.07) is 18.9. The molecular formula is C37H62N6O4. The van der Waals surface area contributed by atoms with Crippen LogP contribution < -0.4 is 11.1 Å². The summed E-state index contributed by atoms with van der Waals surface area (Å²) < 4.78 is 5.34. The molecule has 3 amide bonds. The molecule has 0 aliphatic carbocycles. The molecule has 0 aliphatic heterocycles. The van der Waals surface area contributed by atoms with Crippen LogP contribution in [0, 0.1) is 11.8 Å². The third kappa shape index (κ3) is 17.3. The summed E-state index contributed by atoms with van der Waals surface area (Å²) >= 11 is 0. The molecule has 2 rings (SSSR count). The first-order valence-corrected chi connectivity index (χ1v) is 16.6. The number of likely N-dealkylation sites (N-methyl/N-ethyl adjacent to an activating group) is 2. The Bertz CT molecular complexity index is 1180. The average Bonchev–Trinajstić information content (AvgIpc) is 2.99. The maximum absolute atomic E-state index is 13.2. The van der Waals surface area contributed by atoms with Gasteiger partial charge in [-0.15, -0.1) is 0 Å². The van der Waals surface area contributed by atoms with Crippen molar-refractivity contribution in [3.8, 4) is 0 Å². The highest BCUT2D eigenvalue weighted by molar-refractivity contribution is 5.86. The second-order valence-corrected chi connectivity index (χ2v) is 14.2. The number of ether oxygens (including phenoxy) is 1. The first-order chi connectivity index (χ1) is 21.9. The van der Waals surface area contributed by atoms with Crippen LogP contribution in [0.2, 0.25) is 0 Å². The Morgan fingerprint density at radius 3 is 1.43 bits per heavy atom. The highest BCUT2D eigenvalue weighted by Gasteiger charge is 2.30. The minimum atomic E-state index is -0.634. The Kier molecular flexibility index (Phi) is 18.3. The highest BCUT2D eigenvalue weighted by Crippen LogP contribution is 2.14. The van der Waals surface area contributed by atoms with Gasteiger partial charge in [0, 0.05) is 39.3 Å². The third-order valence-corrected chi connectivity index (χ3v) is 7.30. The first kappa shape index (κ1) is 41.6. The lowest BCUT2D eigenvalue weighted by Gasteiger charge is -2.31. The summed E-state index contributed by atoms with van der Waals surface area (Å²) in [6.45, 7) is 17.2. The number of benzene rings is 2. The van der Waals surface area contributed by atoms with Gasteiger partial charge in [-0.2, -0.15) is 0 Å². The second kappa shape index (κ2) is 20.7. The van der Waals surface area contributed by atoms with Crippen molar-refractivity contribution in [2.75, 3.05) is 54.4 Å². The Morgan fingerprint density at radius 1 is 0.681 bits per heavy atom. The van der Waals surface area contributed by atoms with Gasteiger partial charge in [0.15, 0.2) is 0 Å². The van der Waals surface area contributed by atoms with E-state index in [-0.39, 0.29) is 23.7 Å². The summed E-state index contributed by atoms with van der Waals surface area (Å²) in [4.78, 5) is 45.7. The summed E-state index contributed by atoms with van der Waals surface area (Å²) in [5.74, 6) is 0.0371. The second-order valence-electron chi connectivity index (χ2n) is 14.2. The normalized spacial score (nSPS) is 12.8. The predicted molar refractivity (Wildman–Crippen MR) is 192 cm³/mol. The van der Waals surface area contributed by atoms with Crippen molar-refractivity contribution in [3.05, 3.63) is 71.8 Å². The monoisotopic (exact) mass is 654 g/mol. The topological polar surface area (TPSA) is 111 Å². The van der Waals surface area contributed by atoms with Gasteiger partial charge in [-0.1, -0.05) is 88.4 Å². The van der Waals surface area contributed by atoms with Gasteiger partial charge in [0.05, 0.1) is 6.04 Å². The van der Waals surface area contributed by atoms with Crippen LogP contribution in [0.3, 0.4) is 0 Å². The van der Waals surface area contributed by atoms with Crippen molar-refractivity contribution in [1.29, 1.82) is 0 Å². The van der Waals surface area contributed by atoms with Crippen LogP contribution in [-0.4, -0.2) is 110 Å². The highest BCUT2D eigenvalue weighted by atomic mass is 16.6. The number of hydrogen-bond donors (Lipinski definition) is 2. The SMILES string of the molecule is CC(C)[C@H](N)C(=O)N(CCN(C)C)Cc1ccccc1.CC(C)[C@H](NC(=O)OC(C)(C)C)C(=O)N(CCN(C)C)Cc1ccccc1. The van der Waals surface area contributed by atoms with Crippen LogP contribution in [0.5, 0.6) is 0 Å². The Labute approximate surface area is 284 Å². The van der Waals surface area contributed by atoms with Crippen molar-refractivity contribution in [2.24, 2.45) is 17.6 Å². The maximum Gasteiger partial charge on any atom is 0.408 e. The molecule has 0 bridgehead atoms. The molecule has 0 spiro atoms. The van der Waals surface area contributed by atoms with Crippen molar-refractivity contribution < 1.29 is 19.1 Å². The minimum Gasteiger partial charge on any atom is -0.444 e. The van der Waals surface area contributed by atoms with E-state index in [1.165, 1.54) is 0 Å². The number of rotatable bonds is 15. The van der Waals surface area contributed by atoms with Gasteiger partial charge in [-0.3, -0.25) is 9.59 Å². The van der Waals surface area contributed by atoms with Crippen LogP contribution in [0.15, 0.2) is 60.7 Å². The molecule has 10 nitrogen and oxygen atoms in total. The molecule has 0 saturated carbocycles. The zero-order chi connectivity index (χ0) is 35.7. The molecule has 2 aromatic rings. The van der Waals surface area contributed by atoms with E-state index in [1.54, 1.807) is 25.7 Å². The zero-order valence-electron chi connectivity index (χ0n) is 30.8. The Balaban J connectivity index is 0.000000491. The number of carbonyl (C=O) groups excluding carboxylic acids is 3. The summed E-state index contributed by atoms with van der Waals surface area (Å²) in [7, 11) is 7.97. The smallest absolute Gasteiger partial charge is 0.408 e. The molecule has 0 saturated heterocycles. The van der Waals surface area contributed by atoms with Crippen LogP contribution >= 0.6 is 0 Å². The molecule has 2 atom stereocenters. The zero-order valence-corrected chi connectivity index (χ0v) is 30.8. The maximum atomic E-state index is 13.2. The van der Waals surface area contributed by atoms with E-state index in [0.717, 1.165) is 24.2 Å². The molecule has 264 valence electrons. The fourth-order valence-electron chi connectivity index (χ4n) is 4.42. The fraction of sp³-hybridized carbons (Fsp3) is 0.595. The molecule has 0 heterocycles. The number of hydrogen-bond acceptors (Lipinski definition) is 7. The van der Waals surface area contributed by atoms with Crippen LogP contribution in [0.4, 0.5) is 4.79 Å². The molecule has 0 fully saturated rings. The van der Waals surface area contributed by atoms with Gasteiger partial charge in [0.2, 0.25) is 11.8 Å². The Morgan fingerprint density at radius 2 is 1.09 bits per heavy atom. The minimum absolute atomic E-state index is 0.0331. The summed E-state index contributed by atoms with van der Waals surface area (Å²) in [6.07, 6.45) is -0.568. The van der Waals surface area contributed by atoms with Crippen molar-refractivity contribution in [2.45, 2.75) is 79.2 Å². The van der Waals surface area contributed by atoms with Gasteiger partial charge in [-0.25, -0.2) is 4.79 Å². The quantitative estimate of drug-likeness (QED) is 0.287. The van der Waals surface area contributed by atoms with Gasteiger partial charge in [-0.05, 0) is 71.9 Å². The lowest BCUT2D eigenvalue weighted by molar-refractivity contribution is -0.135. The van der Waals surface area contributed by atoms with E-state index < -0.39 is 23.8 Å². The summed E-state index contributed by atoms with van der Waals surface area (Å²) in [5, 5.41) is 2.76. The predicted octanol–water partition coefficient (Wildman–Crippen LogP) is 4.69. The van der Waals surface area contributed by atoms with E-state index in [4.69, 9.17) is 10.5 Å². The van der Waals surface area contributed by atoms with Crippen LogP contribution in [-0.2, 0) is 27.4 Å². The molecule has 0 aromatic heterocycles. The summed E-state index contributed by atoms with van der Waals surface area (Å²) in [5.41, 5.74) is 7.60. The van der Waals surface area contributed by atoms with Crippen molar-refractivity contribution >= 4 is 17.9 Å². The van der Waals surface area contributed by atoms with E-state index in [9.17, 15) is 14.4 Å².